The summed E-state index contributed by atoms with van der Waals surface area (Å²) >= 11 is 0. The lowest BCUT2D eigenvalue weighted by Crippen LogP contribution is -2.49. The Balaban J connectivity index is 1.56. The summed E-state index contributed by atoms with van der Waals surface area (Å²) in [5.74, 6) is 0.949. The maximum Gasteiger partial charge on any atom is 0.0131 e. The first-order valence-electron chi connectivity index (χ1n) is 8.93. The van der Waals surface area contributed by atoms with E-state index >= 15 is 0 Å². The number of piperidine rings is 1. The first-order valence-corrected chi connectivity index (χ1v) is 8.93. The van der Waals surface area contributed by atoms with Crippen molar-refractivity contribution in [2.45, 2.75) is 90.8 Å². The molecule has 2 heteroatoms. The molecule has 3 rings (SSSR count). The molecule has 0 aromatic carbocycles. The molecular weight excluding hydrogens is 244 g/mol. The van der Waals surface area contributed by atoms with Crippen LogP contribution >= 0.6 is 0 Å². The van der Waals surface area contributed by atoms with E-state index in [0.29, 0.717) is 16.9 Å². The van der Waals surface area contributed by atoms with Gasteiger partial charge in [-0.3, -0.25) is 0 Å². The van der Waals surface area contributed by atoms with E-state index in [2.05, 4.69) is 38.3 Å². The van der Waals surface area contributed by atoms with Gasteiger partial charge in [0.2, 0.25) is 0 Å². The average molecular weight is 278 g/mol. The summed E-state index contributed by atoms with van der Waals surface area (Å²) in [6, 6.07) is 2.16. The van der Waals surface area contributed by atoms with Crippen molar-refractivity contribution in [1.82, 2.24) is 10.6 Å². The molecule has 2 saturated carbocycles. The van der Waals surface area contributed by atoms with Crippen LogP contribution in [0, 0.1) is 16.7 Å². The van der Waals surface area contributed by atoms with Crippen LogP contribution in [0.15, 0.2) is 0 Å². The summed E-state index contributed by atoms with van der Waals surface area (Å²) in [4.78, 5) is 0. The Morgan fingerprint density at radius 3 is 2.55 bits per heavy atom. The lowest BCUT2D eigenvalue weighted by atomic mass is 9.69. The fourth-order valence-electron chi connectivity index (χ4n) is 5.42. The monoisotopic (exact) mass is 278 g/mol. The van der Waals surface area contributed by atoms with Crippen LogP contribution in [0.25, 0.3) is 0 Å². The minimum absolute atomic E-state index is 0.520. The zero-order chi connectivity index (χ0) is 14.4. The molecule has 2 N–H and O–H groups in total. The Bertz CT molecular complexity index is 345. The summed E-state index contributed by atoms with van der Waals surface area (Å²) in [6.45, 7) is 11.2. The second-order valence-corrected chi connectivity index (χ2v) is 8.61. The Hall–Kier alpha value is -0.0800. The molecule has 2 nitrogen and oxygen atoms in total. The highest BCUT2D eigenvalue weighted by molar-refractivity contribution is 5.13. The summed E-state index contributed by atoms with van der Waals surface area (Å²) in [7, 11) is 0. The highest BCUT2D eigenvalue weighted by Gasteiger charge is 2.61. The molecule has 1 aliphatic heterocycles. The molecule has 5 atom stereocenters. The summed E-state index contributed by atoms with van der Waals surface area (Å²) in [6.07, 6.45) is 9.76. The van der Waals surface area contributed by atoms with Crippen LogP contribution in [0.1, 0.15) is 72.6 Å². The van der Waals surface area contributed by atoms with Gasteiger partial charge in [-0.1, -0.05) is 27.2 Å². The first kappa shape index (κ1) is 14.8. The third-order valence-electron chi connectivity index (χ3n) is 7.33. The highest BCUT2D eigenvalue weighted by Crippen LogP contribution is 2.65. The smallest absolute Gasteiger partial charge is 0.0131 e. The maximum atomic E-state index is 4.01. The van der Waals surface area contributed by atoms with Gasteiger partial charge in [0.15, 0.2) is 0 Å². The summed E-state index contributed by atoms with van der Waals surface area (Å²) in [5.41, 5.74) is 1.05. The third-order valence-corrected chi connectivity index (χ3v) is 7.33. The van der Waals surface area contributed by atoms with Crippen LogP contribution in [0.4, 0.5) is 0 Å². The van der Waals surface area contributed by atoms with E-state index in [-0.39, 0.29) is 0 Å². The van der Waals surface area contributed by atoms with Gasteiger partial charge >= 0.3 is 0 Å². The van der Waals surface area contributed by atoms with Gasteiger partial charge < -0.3 is 10.6 Å². The number of hydrogen-bond donors (Lipinski definition) is 2. The number of hydrogen-bond acceptors (Lipinski definition) is 2. The zero-order valence-corrected chi connectivity index (χ0v) is 14.0. The molecule has 2 bridgehead atoms. The lowest BCUT2D eigenvalue weighted by Gasteiger charge is -2.41. The van der Waals surface area contributed by atoms with Gasteiger partial charge in [-0.25, -0.2) is 0 Å². The molecular formula is C18H34N2. The molecule has 2 aliphatic carbocycles. The summed E-state index contributed by atoms with van der Waals surface area (Å²) < 4.78 is 0. The highest BCUT2D eigenvalue weighted by atomic mass is 15.0. The molecule has 20 heavy (non-hydrogen) atoms. The Labute approximate surface area is 125 Å². The minimum atomic E-state index is 0.520. The minimum Gasteiger partial charge on any atom is -0.314 e. The Morgan fingerprint density at radius 2 is 2.00 bits per heavy atom. The molecule has 3 fully saturated rings. The molecule has 0 spiro atoms. The SMILES string of the molecule is CC(CC1CCCCN1)NC1CC2CCC1(C)C2(C)C. The van der Waals surface area contributed by atoms with Crippen LogP contribution in [0.2, 0.25) is 0 Å². The molecule has 1 heterocycles. The van der Waals surface area contributed by atoms with E-state index in [1.54, 1.807) is 0 Å². The van der Waals surface area contributed by atoms with Crippen LogP contribution in [0.3, 0.4) is 0 Å². The first-order chi connectivity index (χ1) is 9.43. The fraction of sp³-hybridized carbons (Fsp3) is 1.00. The van der Waals surface area contributed by atoms with Crippen LogP contribution < -0.4 is 10.6 Å². The number of rotatable bonds is 4. The van der Waals surface area contributed by atoms with Crippen LogP contribution in [0.5, 0.6) is 0 Å². The second kappa shape index (κ2) is 5.28. The van der Waals surface area contributed by atoms with Gasteiger partial charge in [0.05, 0.1) is 0 Å². The molecule has 116 valence electrons. The van der Waals surface area contributed by atoms with Gasteiger partial charge in [0.25, 0.3) is 0 Å². The van der Waals surface area contributed by atoms with Crippen molar-refractivity contribution in [1.29, 1.82) is 0 Å². The van der Waals surface area contributed by atoms with Crippen molar-refractivity contribution in [3.8, 4) is 0 Å². The number of nitrogens with one attached hydrogen (secondary N) is 2. The number of fused-ring (bicyclic) bond motifs is 2. The normalized spacial score (nSPS) is 44.7. The van der Waals surface area contributed by atoms with Crippen molar-refractivity contribution >= 4 is 0 Å². The van der Waals surface area contributed by atoms with Gasteiger partial charge in [-0.05, 0) is 68.7 Å². The van der Waals surface area contributed by atoms with E-state index in [9.17, 15) is 0 Å². The van der Waals surface area contributed by atoms with Gasteiger partial charge in [-0.2, -0.15) is 0 Å². The molecule has 0 radical (unpaired) electrons. The van der Waals surface area contributed by atoms with E-state index in [1.807, 2.05) is 0 Å². The van der Waals surface area contributed by atoms with Crippen molar-refractivity contribution in [3.05, 3.63) is 0 Å². The van der Waals surface area contributed by atoms with Crippen LogP contribution in [-0.4, -0.2) is 24.7 Å². The van der Waals surface area contributed by atoms with E-state index in [4.69, 9.17) is 0 Å². The predicted molar refractivity (Wildman–Crippen MR) is 85.9 cm³/mol. The standard InChI is InChI=1S/C18H34N2/c1-13(11-15-7-5-6-10-19-15)20-16-12-14-8-9-18(16,4)17(14,2)3/h13-16,19-20H,5-12H2,1-4H3. The molecule has 1 saturated heterocycles. The van der Waals surface area contributed by atoms with Crippen molar-refractivity contribution in [2.24, 2.45) is 16.7 Å². The van der Waals surface area contributed by atoms with E-state index in [0.717, 1.165) is 18.0 Å². The molecule has 0 aromatic heterocycles. The largest absolute Gasteiger partial charge is 0.314 e. The lowest BCUT2D eigenvalue weighted by molar-refractivity contribution is 0.114. The average Bonchev–Trinajstić information content (AvgIpc) is 2.73. The topological polar surface area (TPSA) is 24.1 Å². The molecule has 0 aromatic rings. The van der Waals surface area contributed by atoms with Gasteiger partial charge in [-0.15, -0.1) is 0 Å². The van der Waals surface area contributed by atoms with E-state index in [1.165, 1.54) is 51.5 Å². The van der Waals surface area contributed by atoms with Gasteiger partial charge in [0.1, 0.15) is 0 Å². The van der Waals surface area contributed by atoms with E-state index < -0.39 is 0 Å². The zero-order valence-electron chi connectivity index (χ0n) is 14.0. The van der Waals surface area contributed by atoms with Crippen LogP contribution in [-0.2, 0) is 0 Å². The molecule has 0 amide bonds. The Morgan fingerprint density at radius 1 is 1.20 bits per heavy atom. The van der Waals surface area contributed by atoms with Crippen molar-refractivity contribution in [2.75, 3.05) is 6.54 Å². The van der Waals surface area contributed by atoms with Crippen molar-refractivity contribution < 1.29 is 0 Å². The third kappa shape index (κ3) is 2.33. The maximum absolute atomic E-state index is 4.01. The summed E-state index contributed by atoms with van der Waals surface area (Å²) in [5, 5.41) is 7.71. The Kier molecular flexibility index (Phi) is 3.92. The quantitative estimate of drug-likeness (QED) is 0.819. The molecule has 5 unspecified atom stereocenters. The fourth-order valence-corrected chi connectivity index (χ4v) is 5.42. The second-order valence-electron chi connectivity index (χ2n) is 8.61. The van der Waals surface area contributed by atoms with Crippen molar-refractivity contribution in [3.63, 3.8) is 0 Å². The molecule has 3 aliphatic rings. The van der Waals surface area contributed by atoms with Gasteiger partial charge in [0, 0.05) is 18.1 Å². The predicted octanol–water partition coefficient (Wildman–Crippen LogP) is 3.71.